The molecule has 2 aromatic rings. The third kappa shape index (κ3) is 5.24. The van der Waals surface area contributed by atoms with E-state index >= 15 is 0 Å². The van der Waals surface area contributed by atoms with Gasteiger partial charge in [-0.2, -0.15) is 0 Å². The van der Waals surface area contributed by atoms with Crippen molar-refractivity contribution in [2.45, 2.75) is 13.8 Å². The number of methoxy groups -OCH3 is 1. The Morgan fingerprint density at radius 3 is 2.56 bits per heavy atom. The third-order valence-corrected chi connectivity index (χ3v) is 3.51. The van der Waals surface area contributed by atoms with Gasteiger partial charge in [0, 0.05) is 0 Å². The Balaban J connectivity index is 2.13. The van der Waals surface area contributed by atoms with E-state index in [0.717, 1.165) is 5.56 Å². The van der Waals surface area contributed by atoms with Gasteiger partial charge in [0.2, 0.25) is 0 Å². The van der Waals surface area contributed by atoms with Crippen molar-refractivity contribution in [3.05, 3.63) is 71.3 Å². The fourth-order valence-corrected chi connectivity index (χ4v) is 2.15. The second-order valence-corrected chi connectivity index (χ2v) is 5.72. The summed E-state index contributed by atoms with van der Waals surface area (Å²) in [5, 5.41) is 9.72. The first-order valence-corrected chi connectivity index (χ1v) is 7.96. The van der Waals surface area contributed by atoms with Crippen molar-refractivity contribution in [3.8, 4) is 17.2 Å². The number of aromatic hydroxyl groups is 1. The molecule has 0 aliphatic heterocycles. The fourth-order valence-electron chi connectivity index (χ4n) is 2.15. The van der Waals surface area contributed by atoms with E-state index in [0.29, 0.717) is 18.1 Å². The zero-order valence-electron chi connectivity index (χ0n) is 14.7. The smallest absolute Gasteiger partial charge is 0.189 e. The summed E-state index contributed by atoms with van der Waals surface area (Å²) in [6.07, 6.45) is 5.09. The lowest BCUT2D eigenvalue weighted by Gasteiger charge is -2.10. The van der Waals surface area contributed by atoms with E-state index in [1.807, 2.05) is 32.1 Å². The van der Waals surface area contributed by atoms with E-state index in [9.17, 15) is 9.90 Å². The van der Waals surface area contributed by atoms with E-state index in [4.69, 9.17) is 9.47 Å². The summed E-state index contributed by atoms with van der Waals surface area (Å²) in [5.41, 5.74) is 2.25. The molecule has 130 valence electrons. The molecule has 0 amide bonds. The van der Waals surface area contributed by atoms with Crippen LogP contribution in [0, 0.1) is 0 Å². The van der Waals surface area contributed by atoms with Gasteiger partial charge in [0.1, 0.15) is 12.4 Å². The predicted molar refractivity (Wildman–Crippen MR) is 99.4 cm³/mol. The molecule has 0 heterocycles. The summed E-state index contributed by atoms with van der Waals surface area (Å²) < 4.78 is 11.0. The minimum atomic E-state index is -0.263. The van der Waals surface area contributed by atoms with Gasteiger partial charge >= 0.3 is 0 Å². The monoisotopic (exact) mass is 338 g/mol. The first-order chi connectivity index (χ1) is 12.0. The average molecular weight is 338 g/mol. The molecule has 0 atom stereocenters. The number of rotatable bonds is 7. The van der Waals surface area contributed by atoms with Crippen molar-refractivity contribution < 1.29 is 19.4 Å². The molecule has 0 saturated heterocycles. The molecule has 0 bridgehead atoms. The summed E-state index contributed by atoms with van der Waals surface area (Å²) in [6.45, 7) is 4.49. The first-order valence-electron chi connectivity index (χ1n) is 7.96. The van der Waals surface area contributed by atoms with Gasteiger partial charge in [0.15, 0.2) is 17.3 Å². The number of carbonyl (C=O) groups is 1. The van der Waals surface area contributed by atoms with Crippen LogP contribution in [0.2, 0.25) is 0 Å². The zero-order valence-corrected chi connectivity index (χ0v) is 14.7. The van der Waals surface area contributed by atoms with Crippen molar-refractivity contribution in [1.29, 1.82) is 0 Å². The number of hydrogen-bond donors (Lipinski definition) is 1. The standard InChI is InChI=1S/C21H22O4/c1-15(2)12-13-25-20-11-9-16(14-21(20)24-3)8-10-19(23)17-6-4-5-7-18(17)22/h4-12,14,22H,13H2,1-3H3/b10-8+. The molecule has 0 spiro atoms. The summed E-state index contributed by atoms with van der Waals surface area (Å²) in [7, 11) is 1.57. The van der Waals surface area contributed by atoms with E-state index in [1.165, 1.54) is 17.7 Å². The molecule has 4 nitrogen and oxygen atoms in total. The Kier molecular flexibility index (Phi) is 6.40. The van der Waals surface area contributed by atoms with Gasteiger partial charge in [-0.15, -0.1) is 0 Å². The highest BCUT2D eigenvalue weighted by atomic mass is 16.5. The minimum absolute atomic E-state index is 0.0299. The van der Waals surface area contributed by atoms with Gasteiger partial charge in [-0.05, 0) is 55.8 Å². The van der Waals surface area contributed by atoms with E-state index in [1.54, 1.807) is 37.5 Å². The number of benzene rings is 2. The van der Waals surface area contributed by atoms with Crippen molar-refractivity contribution >= 4 is 11.9 Å². The lowest BCUT2D eigenvalue weighted by Crippen LogP contribution is -1.97. The minimum Gasteiger partial charge on any atom is -0.507 e. The molecule has 0 aliphatic carbocycles. The Morgan fingerprint density at radius 1 is 1.12 bits per heavy atom. The third-order valence-electron chi connectivity index (χ3n) is 3.51. The number of ether oxygens (including phenoxy) is 2. The SMILES string of the molecule is COc1cc(/C=C/C(=O)c2ccccc2O)ccc1OCC=C(C)C. The Hall–Kier alpha value is -3.01. The molecule has 0 aliphatic rings. The number of allylic oxidation sites excluding steroid dienone is 2. The Bertz CT molecular complexity index is 799. The van der Waals surface area contributed by atoms with E-state index < -0.39 is 0 Å². The molecule has 2 rings (SSSR count). The van der Waals surface area contributed by atoms with Crippen LogP contribution in [0.15, 0.2) is 60.2 Å². The lowest BCUT2D eigenvalue weighted by atomic mass is 10.1. The maximum atomic E-state index is 12.2. The Labute approximate surface area is 148 Å². The van der Waals surface area contributed by atoms with Gasteiger partial charge in [-0.3, -0.25) is 4.79 Å². The molecule has 0 aromatic heterocycles. The Morgan fingerprint density at radius 2 is 1.88 bits per heavy atom. The molecule has 4 heteroatoms. The highest BCUT2D eigenvalue weighted by Gasteiger charge is 2.08. The number of ketones is 1. The summed E-state index contributed by atoms with van der Waals surface area (Å²) in [5.74, 6) is 0.946. The zero-order chi connectivity index (χ0) is 18.2. The van der Waals surface area contributed by atoms with Crippen LogP contribution < -0.4 is 9.47 Å². The molecular weight excluding hydrogens is 316 g/mol. The van der Waals surface area contributed by atoms with Gasteiger partial charge in [-0.1, -0.05) is 29.8 Å². The molecule has 0 unspecified atom stereocenters. The fraction of sp³-hybridized carbons (Fsp3) is 0.190. The van der Waals surface area contributed by atoms with Crippen molar-refractivity contribution in [2.24, 2.45) is 0 Å². The highest BCUT2D eigenvalue weighted by molar-refractivity contribution is 6.08. The van der Waals surface area contributed by atoms with Crippen molar-refractivity contribution in [2.75, 3.05) is 13.7 Å². The highest BCUT2D eigenvalue weighted by Crippen LogP contribution is 2.29. The van der Waals surface area contributed by atoms with Crippen LogP contribution in [0.5, 0.6) is 17.2 Å². The van der Waals surface area contributed by atoms with Crippen LogP contribution in [-0.4, -0.2) is 24.6 Å². The molecule has 25 heavy (non-hydrogen) atoms. The van der Waals surface area contributed by atoms with E-state index in [-0.39, 0.29) is 17.1 Å². The summed E-state index contributed by atoms with van der Waals surface area (Å²) >= 11 is 0. The number of carbonyl (C=O) groups excluding carboxylic acids is 1. The van der Waals surface area contributed by atoms with Crippen LogP contribution in [0.1, 0.15) is 29.8 Å². The largest absolute Gasteiger partial charge is 0.507 e. The van der Waals surface area contributed by atoms with Crippen LogP contribution in [-0.2, 0) is 0 Å². The molecule has 1 N–H and O–H groups in total. The summed E-state index contributed by atoms with van der Waals surface area (Å²) in [6, 6.07) is 11.9. The number of para-hydroxylation sites is 1. The van der Waals surface area contributed by atoms with Gasteiger partial charge in [0.05, 0.1) is 12.7 Å². The van der Waals surface area contributed by atoms with Crippen molar-refractivity contribution in [1.82, 2.24) is 0 Å². The molecular formula is C21H22O4. The quantitative estimate of drug-likeness (QED) is 0.454. The maximum Gasteiger partial charge on any atom is 0.189 e. The van der Waals surface area contributed by atoms with Crippen molar-refractivity contribution in [3.63, 3.8) is 0 Å². The average Bonchev–Trinajstić information content (AvgIpc) is 2.60. The molecule has 2 aromatic carbocycles. The van der Waals surface area contributed by atoms with Crippen LogP contribution in [0.4, 0.5) is 0 Å². The number of phenolic OH excluding ortho intramolecular Hbond substituents is 1. The van der Waals surface area contributed by atoms with Crippen LogP contribution in [0.25, 0.3) is 6.08 Å². The lowest BCUT2D eigenvalue weighted by molar-refractivity contribution is 0.104. The number of hydrogen-bond acceptors (Lipinski definition) is 4. The second kappa shape index (κ2) is 8.73. The maximum absolute atomic E-state index is 12.2. The van der Waals surface area contributed by atoms with E-state index in [2.05, 4.69) is 0 Å². The van der Waals surface area contributed by atoms with Crippen LogP contribution in [0.3, 0.4) is 0 Å². The topological polar surface area (TPSA) is 55.8 Å². The van der Waals surface area contributed by atoms with Gasteiger partial charge in [-0.25, -0.2) is 0 Å². The first kappa shape index (κ1) is 18.3. The molecule has 0 fully saturated rings. The van der Waals surface area contributed by atoms with Gasteiger partial charge < -0.3 is 14.6 Å². The second-order valence-electron chi connectivity index (χ2n) is 5.72. The number of phenols is 1. The predicted octanol–water partition coefficient (Wildman–Crippen LogP) is 4.64. The molecule has 0 saturated carbocycles. The van der Waals surface area contributed by atoms with Gasteiger partial charge in [0.25, 0.3) is 0 Å². The molecule has 0 radical (unpaired) electrons. The summed E-state index contributed by atoms with van der Waals surface area (Å²) in [4.78, 5) is 12.2. The normalized spacial score (nSPS) is 10.5. The van der Waals surface area contributed by atoms with Crippen LogP contribution >= 0.6 is 0 Å².